The van der Waals surface area contributed by atoms with E-state index in [-0.39, 0.29) is 35.2 Å². The molecule has 1 saturated heterocycles. The van der Waals surface area contributed by atoms with Crippen LogP contribution in [0, 0.1) is 13.8 Å². The van der Waals surface area contributed by atoms with Crippen LogP contribution in [-0.2, 0) is 21.2 Å². The molecule has 4 rings (SSSR count). The van der Waals surface area contributed by atoms with Gasteiger partial charge >= 0.3 is 0 Å². The topological polar surface area (TPSA) is 78.8 Å². The second-order valence-electron chi connectivity index (χ2n) is 7.96. The van der Waals surface area contributed by atoms with Crippen LogP contribution in [0.4, 0.5) is 5.69 Å². The highest BCUT2D eigenvalue weighted by molar-refractivity contribution is 8.14. The van der Waals surface area contributed by atoms with E-state index in [1.54, 1.807) is 0 Å². The molecule has 9 heteroatoms. The zero-order valence-corrected chi connectivity index (χ0v) is 19.7. The molecule has 31 heavy (non-hydrogen) atoms. The number of sulfone groups is 1. The van der Waals surface area contributed by atoms with Gasteiger partial charge in [0.05, 0.1) is 29.3 Å². The molecule has 1 fully saturated rings. The average molecular weight is 478 g/mol. The van der Waals surface area contributed by atoms with Gasteiger partial charge in [0.1, 0.15) is 0 Å². The van der Waals surface area contributed by atoms with Crippen LogP contribution < -0.4 is 5.32 Å². The maximum atomic E-state index is 12.6. The lowest BCUT2D eigenvalue weighted by atomic mass is 10.1. The van der Waals surface area contributed by atoms with Crippen LogP contribution >= 0.6 is 23.4 Å². The molecule has 0 radical (unpaired) electrons. The molecule has 164 valence electrons. The van der Waals surface area contributed by atoms with Crippen LogP contribution in [0.1, 0.15) is 16.7 Å². The number of fused-ring (bicyclic) bond motifs is 1. The Labute approximate surface area is 192 Å². The molecule has 0 aliphatic carbocycles. The standard InChI is InChI=1S/C22H24ClN3O3S2/c1-14-4-3-5-18(15(14)2)24-21(27)11-30-22-25-19-12-31(28,29)13-20(19)26(22)10-16-6-8-17(23)9-7-16/h3-9,19-20H,10-13H2,1-2H3,(H,24,27)/t19-,20+/m0/s1. The van der Waals surface area contributed by atoms with Crippen molar-refractivity contribution in [2.45, 2.75) is 32.5 Å². The van der Waals surface area contributed by atoms with Crippen LogP contribution in [0.5, 0.6) is 0 Å². The summed E-state index contributed by atoms with van der Waals surface area (Å²) in [7, 11) is -3.10. The lowest BCUT2D eigenvalue weighted by molar-refractivity contribution is -0.113. The molecule has 1 N–H and O–H groups in total. The first-order valence-corrected chi connectivity index (χ1v) is 13.2. The van der Waals surface area contributed by atoms with E-state index in [1.165, 1.54) is 11.8 Å². The average Bonchev–Trinajstić information content (AvgIpc) is 3.17. The normalized spacial score (nSPS) is 21.6. The zero-order valence-electron chi connectivity index (χ0n) is 17.3. The van der Waals surface area contributed by atoms with Crippen molar-refractivity contribution in [3.8, 4) is 0 Å². The number of hydrogen-bond acceptors (Lipinski definition) is 6. The molecule has 0 spiro atoms. The molecule has 1 amide bonds. The summed E-state index contributed by atoms with van der Waals surface area (Å²) in [6.07, 6.45) is 0. The zero-order chi connectivity index (χ0) is 22.2. The molecule has 0 saturated carbocycles. The number of carbonyl (C=O) groups is 1. The number of carbonyl (C=O) groups excluding carboxylic acids is 1. The van der Waals surface area contributed by atoms with Gasteiger partial charge in [0.25, 0.3) is 0 Å². The second kappa shape index (κ2) is 8.84. The number of nitrogens with one attached hydrogen (secondary N) is 1. The van der Waals surface area contributed by atoms with Crippen LogP contribution in [-0.4, -0.2) is 53.7 Å². The molecular formula is C22H24ClN3O3S2. The van der Waals surface area contributed by atoms with Crippen LogP contribution in [0.2, 0.25) is 5.02 Å². The van der Waals surface area contributed by atoms with Crippen molar-refractivity contribution in [1.82, 2.24) is 4.90 Å². The molecule has 2 aliphatic rings. The summed E-state index contributed by atoms with van der Waals surface area (Å²) in [6.45, 7) is 4.52. The fraction of sp³-hybridized carbons (Fsp3) is 0.364. The molecule has 2 aromatic carbocycles. The van der Waals surface area contributed by atoms with Crippen molar-refractivity contribution in [3.63, 3.8) is 0 Å². The number of aryl methyl sites for hydroxylation is 1. The third-order valence-electron chi connectivity index (χ3n) is 5.69. The summed E-state index contributed by atoms with van der Waals surface area (Å²) in [5.41, 5.74) is 3.99. The number of hydrogen-bond donors (Lipinski definition) is 1. The number of rotatable bonds is 5. The number of aliphatic imine (C=N–C) groups is 1. The third-order valence-corrected chi connectivity index (χ3v) is 8.65. The highest BCUT2D eigenvalue weighted by Crippen LogP contribution is 2.32. The summed E-state index contributed by atoms with van der Waals surface area (Å²) >= 11 is 7.34. The van der Waals surface area contributed by atoms with E-state index in [0.717, 1.165) is 27.5 Å². The number of amides is 1. The van der Waals surface area contributed by atoms with E-state index in [0.29, 0.717) is 11.6 Å². The van der Waals surface area contributed by atoms with Crippen molar-refractivity contribution in [2.24, 2.45) is 4.99 Å². The molecule has 6 nitrogen and oxygen atoms in total. The number of thioether (sulfide) groups is 1. The molecule has 2 heterocycles. The van der Waals surface area contributed by atoms with Gasteiger partial charge in [0.15, 0.2) is 15.0 Å². The molecule has 2 aliphatic heterocycles. The molecule has 0 aromatic heterocycles. The Morgan fingerprint density at radius 3 is 2.68 bits per heavy atom. The highest BCUT2D eigenvalue weighted by Gasteiger charge is 2.46. The van der Waals surface area contributed by atoms with Crippen LogP contribution in [0.25, 0.3) is 0 Å². The minimum Gasteiger partial charge on any atom is -0.341 e. The van der Waals surface area contributed by atoms with Gasteiger partial charge in [-0.1, -0.05) is 47.6 Å². The fourth-order valence-electron chi connectivity index (χ4n) is 3.88. The summed E-state index contributed by atoms with van der Waals surface area (Å²) in [6, 6.07) is 12.8. The van der Waals surface area contributed by atoms with E-state index in [9.17, 15) is 13.2 Å². The molecule has 2 aromatic rings. The van der Waals surface area contributed by atoms with E-state index in [4.69, 9.17) is 11.6 Å². The van der Waals surface area contributed by atoms with Crippen LogP contribution in [0.3, 0.4) is 0 Å². The number of anilines is 1. The van der Waals surface area contributed by atoms with Gasteiger partial charge in [-0.05, 0) is 48.7 Å². The smallest absolute Gasteiger partial charge is 0.234 e. The van der Waals surface area contributed by atoms with Gasteiger partial charge in [0.2, 0.25) is 5.91 Å². The summed E-state index contributed by atoms with van der Waals surface area (Å²) < 4.78 is 24.3. The summed E-state index contributed by atoms with van der Waals surface area (Å²) in [4.78, 5) is 19.3. The van der Waals surface area contributed by atoms with E-state index >= 15 is 0 Å². The first-order chi connectivity index (χ1) is 14.7. The number of nitrogens with zero attached hydrogens (tertiary/aromatic N) is 2. The van der Waals surface area contributed by atoms with Crippen molar-refractivity contribution >= 4 is 50.0 Å². The quantitative estimate of drug-likeness (QED) is 0.710. The SMILES string of the molecule is Cc1cccc(NC(=O)CSC2=N[C@H]3CS(=O)(=O)C[C@H]3N2Cc2ccc(Cl)cc2)c1C. The predicted octanol–water partition coefficient (Wildman–Crippen LogP) is 3.67. The third kappa shape index (κ3) is 5.07. The van der Waals surface area contributed by atoms with Gasteiger partial charge in [0, 0.05) is 17.3 Å². The molecule has 0 unspecified atom stereocenters. The Hall–Kier alpha value is -2.03. The number of benzene rings is 2. The predicted molar refractivity (Wildman–Crippen MR) is 128 cm³/mol. The minimum atomic E-state index is -3.10. The molecule has 0 bridgehead atoms. The summed E-state index contributed by atoms with van der Waals surface area (Å²) in [5, 5.41) is 4.33. The minimum absolute atomic E-state index is 0.0630. The van der Waals surface area contributed by atoms with Gasteiger partial charge in [-0.2, -0.15) is 0 Å². The Morgan fingerprint density at radius 2 is 1.94 bits per heavy atom. The Kier molecular flexibility index (Phi) is 6.32. The number of halogens is 1. The van der Waals surface area contributed by atoms with E-state index in [1.807, 2.05) is 61.2 Å². The van der Waals surface area contributed by atoms with E-state index in [2.05, 4.69) is 10.3 Å². The van der Waals surface area contributed by atoms with Crippen molar-refractivity contribution in [1.29, 1.82) is 0 Å². The molecule has 2 atom stereocenters. The largest absolute Gasteiger partial charge is 0.341 e. The van der Waals surface area contributed by atoms with Crippen LogP contribution in [0.15, 0.2) is 47.5 Å². The summed E-state index contributed by atoms with van der Waals surface area (Å²) in [5.74, 6) is 0.244. The first-order valence-electron chi connectivity index (χ1n) is 10.00. The van der Waals surface area contributed by atoms with Gasteiger partial charge in [-0.15, -0.1) is 0 Å². The van der Waals surface area contributed by atoms with Gasteiger partial charge in [-0.3, -0.25) is 9.79 Å². The highest BCUT2D eigenvalue weighted by atomic mass is 35.5. The number of amidine groups is 1. The second-order valence-corrected chi connectivity index (χ2v) is 11.5. The van der Waals surface area contributed by atoms with E-state index < -0.39 is 9.84 Å². The lowest BCUT2D eigenvalue weighted by Crippen LogP contribution is -2.38. The van der Waals surface area contributed by atoms with Crippen molar-refractivity contribution < 1.29 is 13.2 Å². The van der Waals surface area contributed by atoms with Gasteiger partial charge < -0.3 is 10.2 Å². The lowest BCUT2D eigenvalue weighted by Gasteiger charge is -2.26. The van der Waals surface area contributed by atoms with Crippen molar-refractivity contribution in [2.75, 3.05) is 22.6 Å². The Bertz CT molecular complexity index is 1130. The Balaban J connectivity index is 1.46. The van der Waals surface area contributed by atoms with Gasteiger partial charge in [-0.25, -0.2) is 8.42 Å². The van der Waals surface area contributed by atoms with Crippen molar-refractivity contribution in [3.05, 3.63) is 64.2 Å². The maximum absolute atomic E-state index is 12.6. The first kappa shape index (κ1) is 22.2. The Morgan fingerprint density at radius 1 is 1.19 bits per heavy atom. The maximum Gasteiger partial charge on any atom is 0.234 e. The fourth-order valence-corrected chi connectivity index (χ4v) is 6.79. The molecular weight excluding hydrogens is 454 g/mol. The monoisotopic (exact) mass is 477 g/mol.